The van der Waals surface area contributed by atoms with Crippen LogP contribution in [-0.4, -0.2) is 50.2 Å². The van der Waals surface area contributed by atoms with Crippen LogP contribution in [0.1, 0.15) is 58.0 Å². The second-order valence-corrected chi connectivity index (χ2v) is 11.4. The van der Waals surface area contributed by atoms with Gasteiger partial charge in [0.05, 0.1) is 6.61 Å². The van der Waals surface area contributed by atoms with Gasteiger partial charge in [0.2, 0.25) is 0 Å². The topological polar surface area (TPSA) is 113 Å². The van der Waals surface area contributed by atoms with Crippen molar-refractivity contribution < 1.29 is 19.7 Å². The molecule has 1 saturated carbocycles. The van der Waals surface area contributed by atoms with Crippen LogP contribution in [0.3, 0.4) is 0 Å². The van der Waals surface area contributed by atoms with Gasteiger partial charge in [-0.15, -0.1) is 10.2 Å². The Bertz CT molecular complexity index is 1490. The minimum atomic E-state index is -0.891. The van der Waals surface area contributed by atoms with Gasteiger partial charge in [0.15, 0.2) is 5.82 Å². The average Bonchev–Trinajstić information content (AvgIpc) is 3.40. The first-order chi connectivity index (χ1) is 19.4. The molecule has 0 bridgehead atoms. The Morgan fingerprint density at radius 1 is 1.02 bits per heavy atom. The molecule has 1 heterocycles. The third-order valence-electron chi connectivity index (χ3n) is 8.71. The van der Waals surface area contributed by atoms with Crippen molar-refractivity contribution in [3.8, 4) is 22.6 Å². The van der Waals surface area contributed by atoms with Gasteiger partial charge in [-0.1, -0.05) is 29.5 Å². The zero-order chi connectivity index (χ0) is 27.9. The lowest BCUT2D eigenvalue weighted by molar-refractivity contribution is 0.0536. The van der Waals surface area contributed by atoms with Crippen LogP contribution in [-0.2, 0) is 19.4 Å². The molecule has 4 aromatic rings. The molecule has 0 saturated heterocycles. The summed E-state index contributed by atoms with van der Waals surface area (Å²) in [6.45, 7) is 6.53. The third-order valence-corrected chi connectivity index (χ3v) is 8.71. The number of hydrogen-bond donors (Lipinski definition) is 3. The van der Waals surface area contributed by atoms with Crippen LogP contribution in [0.15, 0.2) is 48.5 Å². The van der Waals surface area contributed by atoms with Gasteiger partial charge in [-0.3, -0.25) is 0 Å². The van der Waals surface area contributed by atoms with E-state index in [1.807, 2.05) is 12.1 Å². The molecule has 6 rings (SSSR count). The molecule has 2 aliphatic rings. The molecule has 3 aromatic carbocycles. The number of nitrogens with one attached hydrogen (secondary N) is 1. The summed E-state index contributed by atoms with van der Waals surface area (Å²) in [6, 6.07) is 16.9. The smallest absolute Gasteiger partial charge is 0.175 e. The van der Waals surface area contributed by atoms with Crippen LogP contribution in [0.4, 0.5) is 0 Å². The molecule has 1 aromatic heterocycles. The highest BCUT2D eigenvalue weighted by Gasteiger charge is 2.54. The number of aliphatic hydroxyl groups excluding tert-OH is 2. The van der Waals surface area contributed by atoms with Gasteiger partial charge in [-0.2, -0.15) is 5.21 Å². The number of aromatic amines is 1. The van der Waals surface area contributed by atoms with E-state index in [0.29, 0.717) is 23.7 Å². The van der Waals surface area contributed by atoms with Crippen molar-refractivity contribution in [1.82, 2.24) is 20.6 Å². The SMILES string of the molecule is Cc1cc(OC[C@H](O)CO)cc(C)c1-c1cccc(COc2ccc3c(c2)CC2(CC2)C3Cc2nn[nH]n2)c1C. The Morgan fingerprint density at radius 3 is 2.52 bits per heavy atom. The van der Waals surface area contributed by atoms with Crippen LogP contribution in [0.2, 0.25) is 0 Å². The summed E-state index contributed by atoms with van der Waals surface area (Å²) in [4.78, 5) is 0. The van der Waals surface area contributed by atoms with Crippen molar-refractivity contribution in [2.45, 2.75) is 65.1 Å². The average molecular weight is 541 g/mol. The van der Waals surface area contributed by atoms with Crippen molar-refractivity contribution in [3.63, 3.8) is 0 Å². The van der Waals surface area contributed by atoms with Crippen molar-refractivity contribution >= 4 is 0 Å². The van der Waals surface area contributed by atoms with E-state index in [0.717, 1.165) is 41.1 Å². The summed E-state index contributed by atoms with van der Waals surface area (Å²) >= 11 is 0. The highest BCUT2D eigenvalue weighted by Crippen LogP contribution is 2.64. The largest absolute Gasteiger partial charge is 0.491 e. The quantitative estimate of drug-likeness (QED) is 0.266. The van der Waals surface area contributed by atoms with E-state index in [-0.39, 0.29) is 13.2 Å². The van der Waals surface area contributed by atoms with Crippen LogP contribution in [0.5, 0.6) is 11.5 Å². The van der Waals surface area contributed by atoms with E-state index in [1.165, 1.54) is 40.7 Å². The minimum Gasteiger partial charge on any atom is -0.491 e. The van der Waals surface area contributed by atoms with E-state index >= 15 is 0 Å². The number of hydrogen-bond acceptors (Lipinski definition) is 7. The highest BCUT2D eigenvalue weighted by molar-refractivity contribution is 5.75. The van der Waals surface area contributed by atoms with Crippen molar-refractivity contribution in [3.05, 3.63) is 87.7 Å². The molecule has 0 aliphatic heterocycles. The van der Waals surface area contributed by atoms with Crippen LogP contribution >= 0.6 is 0 Å². The van der Waals surface area contributed by atoms with Gasteiger partial charge in [-0.05, 0) is 120 Å². The van der Waals surface area contributed by atoms with Crippen molar-refractivity contribution in [2.75, 3.05) is 13.2 Å². The molecule has 3 N–H and O–H groups in total. The Kier molecular flexibility index (Phi) is 7.06. The highest BCUT2D eigenvalue weighted by atomic mass is 16.5. The number of nitrogens with zero attached hydrogens (tertiary/aromatic N) is 3. The molecule has 8 nitrogen and oxygen atoms in total. The van der Waals surface area contributed by atoms with Gasteiger partial charge < -0.3 is 19.7 Å². The predicted octanol–water partition coefficient (Wildman–Crippen LogP) is 4.77. The van der Waals surface area contributed by atoms with Crippen LogP contribution in [0, 0.1) is 26.2 Å². The van der Waals surface area contributed by atoms with Crippen molar-refractivity contribution in [2.24, 2.45) is 5.41 Å². The van der Waals surface area contributed by atoms with E-state index in [9.17, 15) is 5.11 Å². The number of tetrazole rings is 1. The second kappa shape index (κ2) is 10.7. The van der Waals surface area contributed by atoms with Gasteiger partial charge in [0.1, 0.15) is 30.8 Å². The van der Waals surface area contributed by atoms with E-state index in [2.05, 4.69) is 77.8 Å². The maximum atomic E-state index is 9.63. The maximum Gasteiger partial charge on any atom is 0.175 e. The number of aromatic nitrogens is 4. The maximum absolute atomic E-state index is 9.63. The van der Waals surface area contributed by atoms with E-state index in [4.69, 9.17) is 14.6 Å². The molecular formula is C32H36N4O4. The summed E-state index contributed by atoms with van der Waals surface area (Å²) in [5.74, 6) is 2.81. The lowest BCUT2D eigenvalue weighted by Crippen LogP contribution is -2.21. The first kappa shape index (κ1) is 26.5. The van der Waals surface area contributed by atoms with Crippen molar-refractivity contribution in [1.29, 1.82) is 0 Å². The van der Waals surface area contributed by atoms with Gasteiger partial charge in [0.25, 0.3) is 0 Å². The van der Waals surface area contributed by atoms with Gasteiger partial charge in [-0.25, -0.2) is 0 Å². The molecule has 40 heavy (non-hydrogen) atoms. The van der Waals surface area contributed by atoms with E-state index in [1.54, 1.807) is 0 Å². The number of aryl methyl sites for hydroxylation is 2. The summed E-state index contributed by atoms with van der Waals surface area (Å²) in [5, 5.41) is 33.4. The molecule has 0 amide bonds. The second-order valence-electron chi connectivity index (χ2n) is 11.4. The number of rotatable bonds is 10. The number of H-pyrrole nitrogens is 1. The number of fused-ring (bicyclic) bond motifs is 1. The molecule has 1 spiro atoms. The molecule has 8 heteroatoms. The summed E-state index contributed by atoms with van der Waals surface area (Å²) in [6.07, 6.45) is 3.53. The fourth-order valence-electron chi connectivity index (χ4n) is 6.41. The molecule has 2 atom stereocenters. The third kappa shape index (κ3) is 5.09. The summed E-state index contributed by atoms with van der Waals surface area (Å²) in [7, 11) is 0. The lowest BCUT2D eigenvalue weighted by Gasteiger charge is -2.18. The van der Waals surface area contributed by atoms with Gasteiger partial charge >= 0.3 is 0 Å². The Balaban J connectivity index is 1.18. The summed E-state index contributed by atoms with van der Waals surface area (Å²) in [5.41, 5.74) is 10.0. The molecule has 1 unspecified atom stereocenters. The standard InChI is InChI=1S/C32H36N4O4/c1-19-11-26(40-18-24(38)16-37)12-20(2)31(19)27-6-4-5-22(21(27)3)17-39-25-7-8-28-23(13-25)15-32(9-10-32)29(28)14-30-33-35-36-34-30/h4-8,11-13,24,29,37-38H,9-10,14-18H2,1-3H3,(H,33,34,35,36)/t24-,29?/m1/s1. The predicted molar refractivity (Wildman–Crippen MR) is 151 cm³/mol. The number of aliphatic hydroxyl groups is 2. The van der Waals surface area contributed by atoms with E-state index < -0.39 is 6.10 Å². The fourth-order valence-corrected chi connectivity index (χ4v) is 6.41. The number of benzene rings is 3. The zero-order valence-corrected chi connectivity index (χ0v) is 23.3. The monoisotopic (exact) mass is 540 g/mol. The Hall–Kier alpha value is -3.75. The molecule has 0 radical (unpaired) electrons. The molecule has 2 aliphatic carbocycles. The Morgan fingerprint density at radius 2 is 1.82 bits per heavy atom. The summed E-state index contributed by atoms with van der Waals surface area (Å²) < 4.78 is 12.1. The normalized spacial score (nSPS) is 17.6. The first-order valence-electron chi connectivity index (χ1n) is 14.0. The number of ether oxygens (including phenoxy) is 2. The Labute approximate surface area is 234 Å². The lowest BCUT2D eigenvalue weighted by atomic mass is 9.86. The molecular weight excluding hydrogens is 504 g/mol. The van der Waals surface area contributed by atoms with Crippen LogP contribution in [0.25, 0.3) is 11.1 Å². The van der Waals surface area contributed by atoms with Crippen LogP contribution < -0.4 is 9.47 Å². The minimum absolute atomic E-state index is 0.0592. The first-order valence-corrected chi connectivity index (χ1v) is 14.0. The molecule has 208 valence electrons. The fraction of sp³-hybridized carbons (Fsp3) is 0.406. The zero-order valence-electron chi connectivity index (χ0n) is 23.3. The molecule has 1 fully saturated rings. The van der Waals surface area contributed by atoms with Gasteiger partial charge in [0, 0.05) is 6.42 Å².